The van der Waals surface area contributed by atoms with E-state index in [4.69, 9.17) is 4.74 Å². The molecule has 0 bridgehead atoms. The van der Waals surface area contributed by atoms with Gasteiger partial charge in [-0.25, -0.2) is 4.39 Å². The first-order valence-electron chi connectivity index (χ1n) is 7.87. The Morgan fingerprint density at radius 1 is 1.26 bits per heavy atom. The maximum Gasteiger partial charge on any atom is 0.258 e. The molecule has 2 saturated heterocycles. The molecule has 6 heteroatoms. The molecule has 0 aliphatic carbocycles. The van der Waals surface area contributed by atoms with Crippen molar-refractivity contribution in [3.8, 4) is 5.75 Å². The lowest BCUT2D eigenvalue weighted by molar-refractivity contribution is -0.182. The number of nitrogens with zero attached hydrogens (tertiary/aromatic N) is 2. The highest BCUT2D eigenvalue weighted by atomic mass is 19.1. The predicted octanol–water partition coefficient (Wildman–Crippen LogP) is 1.61. The van der Waals surface area contributed by atoms with Crippen LogP contribution in [-0.4, -0.2) is 54.5 Å². The molecule has 2 aliphatic rings. The van der Waals surface area contributed by atoms with Crippen molar-refractivity contribution in [3.05, 3.63) is 29.8 Å². The number of hydrogen-bond donors (Lipinski definition) is 0. The number of methoxy groups -OCH3 is 1. The standard InChI is InChI=1S/C17H21FN2O3/c1-3-19-9-8-17(14(18)15(19)21)11-20(16(17)22)10-12-4-6-13(23-2)7-5-12/h4-7,14H,3,8-11H2,1-2H3. The summed E-state index contributed by atoms with van der Waals surface area (Å²) < 4.78 is 19.6. The van der Waals surface area contributed by atoms with Gasteiger partial charge in [-0.3, -0.25) is 9.59 Å². The SMILES string of the molecule is CCN1CCC2(CN(Cc3ccc(OC)cc3)C2=O)C(F)C1=O. The summed E-state index contributed by atoms with van der Waals surface area (Å²) in [7, 11) is 1.60. The first-order chi connectivity index (χ1) is 11.0. The highest BCUT2D eigenvalue weighted by molar-refractivity contribution is 5.97. The van der Waals surface area contributed by atoms with Crippen LogP contribution in [0.2, 0.25) is 0 Å². The molecule has 2 aliphatic heterocycles. The second-order valence-corrected chi connectivity index (χ2v) is 6.20. The highest BCUT2D eigenvalue weighted by Gasteiger charge is 2.62. The average Bonchev–Trinajstić information content (AvgIpc) is 2.58. The number of carbonyl (C=O) groups excluding carboxylic acids is 2. The van der Waals surface area contributed by atoms with Crippen LogP contribution in [-0.2, 0) is 16.1 Å². The van der Waals surface area contributed by atoms with Crippen molar-refractivity contribution in [2.45, 2.75) is 26.1 Å². The predicted molar refractivity (Wildman–Crippen MR) is 82.6 cm³/mol. The molecule has 0 aromatic heterocycles. The van der Waals surface area contributed by atoms with Crippen molar-refractivity contribution >= 4 is 11.8 Å². The van der Waals surface area contributed by atoms with E-state index in [0.29, 0.717) is 32.6 Å². The number of hydrogen-bond acceptors (Lipinski definition) is 3. The molecule has 2 amide bonds. The van der Waals surface area contributed by atoms with Gasteiger partial charge in [0.1, 0.15) is 11.2 Å². The Kier molecular flexibility index (Phi) is 4.00. The quantitative estimate of drug-likeness (QED) is 0.792. The lowest BCUT2D eigenvalue weighted by atomic mass is 9.69. The molecule has 0 N–H and O–H groups in total. The third kappa shape index (κ3) is 2.46. The molecule has 2 heterocycles. The molecule has 3 rings (SSSR count). The van der Waals surface area contributed by atoms with E-state index in [0.717, 1.165) is 11.3 Å². The number of piperidine rings is 1. The highest BCUT2D eigenvalue weighted by Crippen LogP contribution is 2.44. The Hall–Kier alpha value is -2.11. The third-order valence-electron chi connectivity index (χ3n) is 4.94. The zero-order valence-corrected chi connectivity index (χ0v) is 13.4. The number of carbonyl (C=O) groups is 2. The van der Waals surface area contributed by atoms with Crippen molar-refractivity contribution in [1.29, 1.82) is 0 Å². The van der Waals surface area contributed by atoms with Crippen LogP contribution in [0.3, 0.4) is 0 Å². The molecule has 2 unspecified atom stereocenters. The van der Waals surface area contributed by atoms with Gasteiger partial charge in [-0.15, -0.1) is 0 Å². The van der Waals surface area contributed by atoms with E-state index < -0.39 is 17.5 Å². The van der Waals surface area contributed by atoms with Gasteiger partial charge in [-0.05, 0) is 31.0 Å². The van der Waals surface area contributed by atoms with Crippen LogP contribution in [0.4, 0.5) is 4.39 Å². The topological polar surface area (TPSA) is 49.9 Å². The van der Waals surface area contributed by atoms with Crippen LogP contribution < -0.4 is 4.74 Å². The van der Waals surface area contributed by atoms with Crippen molar-refractivity contribution in [2.75, 3.05) is 26.7 Å². The van der Waals surface area contributed by atoms with Crippen molar-refractivity contribution in [2.24, 2.45) is 5.41 Å². The van der Waals surface area contributed by atoms with Gasteiger partial charge >= 0.3 is 0 Å². The monoisotopic (exact) mass is 320 g/mol. The minimum Gasteiger partial charge on any atom is -0.497 e. The summed E-state index contributed by atoms with van der Waals surface area (Å²) in [6.45, 7) is 3.50. The van der Waals surface area contributed by atoms with Gasteiger partial charge in [0.05, 0.1) is 7.11 Å². The minimum absolute atomic E-state index is 0.245. The van der Waals surface area contributed by atoms with E-state index in [9.17, 15) is 14.0 Å². The van der Waals surface area contributed by atoms with E-state index in [-0.39, 0.29) is 5.91 Å². The zero-order valence-electron chi connectivity index (χ0n) is 13.4. The molecule has 124 valence electrons. The lowest BCUT2D eigenvalue weighted by Gasteiger charge is -2.53. The van der Waals surface area contributed by atoms with E-state index in [1.165, 1.54) is 4.90 Å². The van der Waals surface area contributed by atoms with Crippen molar-refractivity contribution < 1.29 is 18.7 Å². The number of rotatable bonds is 4. The summed E-state index contributed by atoms with van der Waals surface area (Å²) in [4.78, 5) is 27.6. The fraction of sp³-hybridized carbons (Fsp3) is 0.529. The van der Waals surface area contributed by atoms with Gasteiger partial charge in [-0.2, -0.15) is 0 Å². The maximum absolute atomic E-state index is 14.5. The van der Waals surface area contributed by atoms with Crippen LogP contribution in [0.1, 0.15) is 18.9 Å². The molecular formula is C17H21FN2O3. The van der Waals surface area contributed by atoms with Gasteiger partial charge in [0.2, 0.25) is 5.91 Å². The molecule has 2 atom stereocenters. The molecule has 0 radical (unpaired) electrons. The van der Waals surface area contributed by atoms with E-state index in [2.05, 4.69) is 0 Å². The summed E-state index contributed by atoms with van der Waals surface area (Å²) >= 11 is 0. The van der Waals surface area contributed by atoms with Gasteiger partial charge in [0.25, 0.3) is 5.91 Å². The van der Waals surface area contributed by atoms with Gasteiger partial charge in [-0.1, -0.05) is 12.1 Å². The number of likely N-dealkylation sites (tertiary alicyclic amines) is 2. The van der Waals surface area contributed by atoms with Crippen LogP contribution in [0, 0.1) is 5.41 Å². The second-order valence-electron chi connectivity index (χ2n) is 6.20. The number of benzene rings is 1. The molecule has 1 aromatic rings. The molecule has 2 fully saturated rings. The summed E-state index contributed by atoms with van der Waals surface area (Å²) in [6, 6.07) is 7.43. The second kappa shape index (κ2) is 5.83. The Morgan fingerprint density at radius 2 is 1.96 bits per heavy atom. The first kappa shape index (κ1) is 15.8. The van der Waals surface area contributed by atoms with Crippen LogP contribution in [0.15, 0.2) is 24.3 Å². The molecule has 1 spiro atoms. The normalized spacial score (nSPS) is 27.3. The molecule has 23 heavy (non-hydrogen) atoms. The Bertz CT molecular complexity index is 619. The minimum atomic E-state index is -1.71. The Morgan fingerprint density at radius 3 is 2.52 bits per heavy atom. The molecular weight excluding hydrogens is 299 g/mol. The first-order valence-corrected chi connectivity index (χ1v) is 7.87. The average molecular weight is 320 g/mol. The van der Waals surface area contributed by atoms with Crippen LogP contribution >= 0.6 is 0 Å². The Balaban J connectivity index is 1.66. The Labute approximate surface area is 135 Å². The third-order valence-corrected chi connectivity index (χ3v) is 4.94. The van der Waals surface area contributed by atoms with Gasteiger partial charge in [0.15, 0.2) is 6.17 Å². The summed E-state index contributed by atoms with van der Waals surface area (Å²) in [5.74, 6) is -0.0392. The maximum atomic E-state index is 14.5. The summed E-state index contributed by atoms with van der Waals surface area (Å²) in [5, 5.41) is 0. The molecule has 1 aromatic carbocycles. The van der Waals surface area contributed by atoms with Crippen LogP contribution in [0.25, 0.3) is 0 Å². The largest absolute Gasteiger partial charge is 0.497 e. The fourth-order valence-corrected chi connectivity index (χ4v) is 3.44. The summed E-state index contributed by atoms with van der Waals surface area (Å²) in [5.41, 5.74) is -0.170. The van der Waals surface area contributed by atoms with E-state index >= 15 is 0 Å². The lowest BCUT2D eigenvalue weighted by Crippen LogP contribution is -2.70. The van der Waals surface area contributed by atoms with Crippen LogP contribution in [0.5, 0.6) is 5.75 Å². The number of halogens is 1. The van der Waals surface area contributed by atoms with E-state index in [1.807, 2.05) is 31.2 Å². The summed E-state index contributed by atoms with van der Waals surface area (Å²) in [6.07, 6.45) is -1.30. The number of β-lactam (4-membered cyclic amide) rings is 1. The van der Waals surface area contributed by atoms with Crippen molar-refractivity contribution in [1.82, 2.24) is 9.80 Å². The smallest absolute Gasteiger partial charge is 0.258 e. The molecule has 0 saturated carbocycles. The molecule has 5 nitrogen and oxygen atoms in total. The number of amides is 2. The zero-order chi connectivity index (χ0) is 16.6. The number of ether oxygens (including phenoxy) is 1. The van der Waals surface area contributed by atoms with E-state index in [1.54, 1.807) is 12.0 Å². The van der Waals surface area contributed by atoms with Gasteiger partial charge < -0.3 is 14.5 Å². The van der Waals surface area contributed by atoms with Gasteiger partial charge in [0, 0.05) is 26.2 Å². The number of alkyl halides is 1. The van der Waals surface area contributed by atoms with Crippen molar-refractivity contribution in [3.63, 3.8) is 0 Å². The fourth-order valence-electron chi connectivity index (χ4n) is 3.44.